The van der Waals surface area contributed by atoms with Crippen LogP contribution in [0.15, 0.2) is 103 Å². The first-order chi connectivity index (χ1) is 22.5. The van der Waals surface area contributed by atoms with Crippen molar-refractivity contribution in [2.75, 3.05) is 20.3 Å². The molecule has 12 heteroatoms. The summed E-state index contributed by atoms with van der Waals surface area (Å²) < 4.78 is 38.9. The summed E-state index contributed by atoms with van der Waals surface area (Å²) in [4.78, 5) is 14.3. The molecule has 5 rings (SSSR count). The third kappa shape index (κ3) is 9.27. The lowest BCUT2D eigenvalue weighted by molar-refractivity contribution is -0.397. The molecular weight excluding hydrogens is 594 g/mol. The largest absolute Gasteiger partial charge is 0.434 e. The number of nitrogens with zero attached hydrogens (tertiary/aromatic N) is 3. The van der Waals surface area contributed by atoms with Gasteiger partial charge in [0.2, 0.25) is 0 Å². The SMILES string of the molecule is COC1OC(COCC(O)Cn2ccnc2[N+](=O)[O-])C(OCc2ccccc2)C(OCc2ccccc2)C1OCc1ccccc1. The standard InChI is InChI=1S/C34H39N3O9/c1-41-33-32(45-22-27-15-9-4-10-16-27)31(44-21-26-13-7-3-8-14-26)30(43-20-25-11-5-2-6-12-25)29(46-33)24-42-23-28(38)19-36-18-17-35-34(36)37(39)40/h2-18,28-33,38H,19-24H2,1H3. The van der Waals surface area contributed by atoms with Gasteiger partial charge in [0.15, 0.2) is 6.29 Å². The predicted molar refractivity (Wildman–Crippen MR) is 166 cm³/mol. The third-order valence-corrected chi connectivity index (χ3v) is 7.54. The van der Waals surface area contributed by atoms with E-state index in [9.17, 15) is 15.2 Å². The summed E-state index contributed by atoms with van der Waals surface area (Å²) >= 11 is 0. The summed E-state index contributed by atoms with van der Waals surface area (Å²) in [6.07, 6.45) is -1.70. The van der Waals surface area contributed by atoms with Crippen LogP contribution in [0.5, 0.6) is 0 Å². The van der Waals surface area contributed by atoms with Gasteiger partial charge in [-0.25, -0.2) is 4.57 Å². The predicted octanol–water partition coefficient (Wildman–Crippen LogP) is 4.30. The molecule has 2 heterocycles. The van der Waals surface area contributed by atoms with Crippen LogP contribution in [0.3, 0.4) is 0 Å². The number of methoxy groups -OCH3 is 1. The Balaban J connectivity index is 1.34. The monoisotopic (exact) mass is 633 g/mol. The Morgan fingerprint density at radius 2 is 1.37 bits per heavy atom. The molecule has 4 aromatic rings. The Hall–Kier alpha value is -4.01. The van der Waals surface area contributed by atoms with Crippen LogP contribution in [-0.4, -0.2) is 76.7 Å². The topological polar surface area (TPSA) is 137 Å². The molecule has 0 saturated carbocycles. The summed E-state index contributed by atoms with van der Waals surface area (Å²) in [6.45, 7) is 0.745. The summed E-state index contributed by atoms with van der Waals surface area (Å²) in [7, 11) is 1.54. The van der Waals surface area contributed by atoms with Crippen molar-refractivity contribution >= 4 is 5.95 Å². The van der Waals surface area contributed by atoms with E-state index in [0.29, 0.717) is 13.2 Å². The van der Waals surface area contributed by atoms with Crippen molar-refractivity contribution in [1.82, 2.24) is 9.55 Å². The van der Waals surface area contributed by atoms with E-state index in [1.54, 1.807) is 7.11 Å². The fourth-order valence-corrected chi connectivity index (χ4v) is 5.29. The first-order valence-corrected chi connectivity index (χ1v) is 15.1. The fraction of sp³-hybridized carbons (Fsp3) is 0.382. The van der Waals surface area contributed by atoms with Gasteiger partial charge in [0, 0.05) is 7.11 Å². The second kappa shape index (κ2) is 17.1. The zero-order chi connectivity index (χ0) is 32.1. The first kappa shape index (κ1) is 33.4. The second-order valence-corrected chi connectivity index (χ2v) is 10.9. The van der Waals surface area contributed by atoms with Gasteiger partial charge in [0.25, 0.3) is 0 Å². The summed E-state index contributed by atoms with van der Waals surface area (Å²) in [5.74, 6) is -0.355. The van der Waals surface area contributed by atoms with Gasteiger partial charge in [-0.2, -0.15) is 0 Å². The smallest absolute Gasteiger partial charge is 0.390 e. The lowest BCUT2D eigenvalue weighted by Crippen LogP contribution is -2.61. The molecule has 0 amide bonds. The molecule has 1 fully saturated rings. The number of hydrogen-bond donors (Lipinski definition) is 1. The molecule has 1 aromatic heterocycles. The van der Waals surface area contributed by atoms with Crippen molar-refractivity contribution in [3.05, 3.63) is 130 Å². The van der Waals surface area contributed by atoms with Crippen LogP contribution in [0.1, 0.15) is 16.7 Å². The molecule has 0 aliphatic carbocycles. The molecule has 6 unspecified atom stereocenters. The number of nitro groups is 1. The minimum atomic E-state index is -1.04. The highest BCUT2D eigenvalue weighted by Gasteiger charge is 2.48. The van der Waals surface area contributed by atoms with Crippen molar-refractivity contribution in [2.45, 2.75) is 63.2 Å². The number of ether oxygens (including phenoxy) is 6. The third-order valence-electron chi connectivity index (χ3n) is 7.54. The molecule has 1 aliphatic rings. The molecule has 0 bridgehead atoms. The van der Waals surface area contributed by atoms with Gasteiger partial charge in [-0.15, -0.1) is 0 Å². The Bertz CT molecular complexity index is 1460. The quantitative estimate of drug-likeness (QED) is 0.132. The highest BCUT2D eigenvalue weighted by Crippen LogP contribution is 2.31. The van der Waals surface area contributed by atoms with E-state index in [0.717, 1.165) is 16.7 Å². The Kier molecular flexibility index (Phi) is 12.4. The molecule has 0 spiro atoms. The number of rotatable bonds is 17. The molecule has 12 nitrogen and oxygen atoms in total. The van der Waals surface area contributed by atoms with Crippen molar-refractivity contribution in [2.24, 2.45) is 0 Å². The van der Waals surface area contributed by atoms with Gasteiger partial charge >= 0.3 is 5.95 Å². The molecule has 0 radical (unpaired) electrons. The van der Waals surface area contributed by atoms with Crippen LogP contribution >= 0.6 is 0 Å². The number of benzene rings is 3. The molecule has 244 valence electrons. The number of imidazole rings is 1. The zero-order valence-electron chi connectivity index (χ0n) is 25.6. The van der Waals surface area contributed by atoms with Gasteiger partial charge < -0.3 is 43.6 Å². The van der Waals surface area contributed by atoms with Crippen molar-refractivity contribution < 1.29 is 38.5 Å². The molecular formula is C34H39N3O9. The molecule has 1 saturated heterocycles. The molecule has 46 heavy (non-hydrogen) atoms. The fourth-order valence-electron chi connectivity index (χ4n) is 5.29. The van der Waals surface area contributed by atoms with Crippen molar-refractivity contribution in [1.29, 1.82) is 0 Å². The second-order valence-electron chi connectivity index (χ2n) is 10.9. The van der Waals surface area contributed by atoms with Crippen LogP contribution in [0.2, 0.25) is 0 Å². The van der Waals surface area contributed by atoms with E-state index >= 15 is 0 Å². The molecule has 6 atom stereocenters. The van der Waals surface area contributed by atoms with Gasteiger partial charge in [0.05, 0.1) is 39.6 Å². The Morgan fingerprint density at radius 3 is 1.89 bits per heavy atom. The highest BCUT2D eigenvalue weighted by molar-refractivity contribution is 5.16. The molecule has 1 aliphatic heterocycles. The van der Waals surface area contributed by atoms with Crippen LogP contribution in [0.25, 0.3) is 0 Å². The van der Waals surface area contributed by atoms with E-state index in [1.807, 2.05) is 91.0 Å². The van der Waals surface area contributed by atoms with Crippen molar-refractivity contribution in [3.8, 4) is 0 Å². The van der Waals surface area contributed by atoms with E-state index in [2.05, 4.69) is 4.98 Å². The Morgan fingerprint density at radius 1 is 0.848 bits per heavy atom. The summed E-state index contributed by atoms with van der Waals surface area (Å²) in [5, 5.41) is 21.8. The number of aliphatic hydroxyl groups is 1. The van der Waals surface area contributed by atoms with Crippen LogP contribution in [0, 0.1) is 10.1 Å². The maximum atomic E-state index is 11.2. The number of hydrogen-bond acceptors (Lipinski definition) is 10. The first-order valence-electron chi connectivity index (χ1n) is 15.1. The van der Waals surface area contributed by atoms with Gasteiger partial charge in [0.1, 0.15) is 42.9 Å². The normalized spacial score (nSPS) is 22.0. The highest BCUT2D eigenvalue weighted by atomic mass is 16.7. The average molecular weight is 634 g/mol. The van der Waals surface area contributed by atoms with E-state index in [1.165, 1.54) is 17.0 Å². The summed E-state index contributed by atoms with van der Waals surface area (Å²) in [5.41, 5.74) is 2.94. The van der Waals surface area contributed by atoms with Crippen molar-refractivity contribution in [3.63, 3.8) is 0 Å². The zero-order valence-corrected chi connectivity index (χ0v) is 25.6. The van der Waals surface area contributed by atoms with E-state index in [4.69, 9.17) is 28.4 Å². The Labute approximate surface area is 267 Å². The van der Waals surface area contributed by atoms with Gasteiger partial charge in [-0.3, -0.25) is 0 Å². The lowest BCUT2D eigenvalue weighted by Gasteiger charge is -2.45. The molecule has 1 N–H and O–H groups in total. The maximum Gasteiger partial charge on any atom is 0.434 e. The van der Waals surface area contributed by atoms with Crippen LogP contribution in [-0.2, 0) is 54.8 Å². The van der Waals surface area contributed by atoms with Gasteiger partial charge in [-0.1, -0.05) is 96.0 Å². The van der Waals surface area contributed by atoms with E-state index < -0.39 is 41.7 Å². The minimum Gasteiger partial charge on any atom is -0.390 e. The van der Waals surface area contributed by atoms with E-state index in [-0.39, 0.29) is 32.3 Å². The maximum absolute atomic E-state index is 11.2. The number of aliphatic hydroxyl groups excluding tert-OH is 1. The van der Waals surface area contributed by atoms with Crippen LogP contribution in [0.4, 0.5) is 5.95 Å². The van der Waals surface area contributed by atoms with Gasteiger partial charge in [-0.05, 0) is 21.6 Å². The molecule has 3 aromatic carbocycles. The van der Waals surface area contributed by atoms with Crippen LogP contribution < -0.4 is 0 Å². The summed E-state index contributed by atoms with van der Waals surface area (Å²) in [6, 6.07) is 29.4. The average Bonchev–Trinajstić information content (AvgIpc) is 3.55. The lowest BCUT2D eigenvalue weighted by atomic mass is 9.97. The minimum absolute atomic E-state index is 0.0268. The number of aromatic nitrogens is 2.